The van der Waals surface area contributed by atoms with Crippen molar-refractivity contribution in [1.29, 1.82) is 0 Å². The zero-order valence-electron chi connectivity index (χ0n) is 16.4. The second-order valence-corrected chi connectivity index (χ2v) is 6.15. The lowest BCUT2D eigenvalue weighted by molar-refractivity contribution is -0.0498. The maximum Gasteiger partial charge on any atom is 0.387 e. The number of nitrogens with zero attached hydrogens (tertiary/aromatic N) is 1. The van der Waals surface area contributed by atoms with Gasteiger partial charge in [0.25, 0.3) is 0 Å². The van der Waals surface area contributed by atoms with Crippen LogP contribution in [-0.4, -0.2) is 43.9 Å². The van der Waals surface area contributed by atoms with Gasteiger partial charge in [-0.2, -0.15) is 8.78 Å². The number of ether oxygens (including phenoxy) is 2. The Balaban J connectivity index is 1.76. The SMILES string of the molecule is CCNC(=NCC(O)c1ccc(OC(F)F)cc1)NCCOCc1ccccc1. The van der Waals surface area contributed by atoms with Gasteiger partial charge in [0, 0.05) is 13.1 Å². The number of guanidine groups is 1. The molecular weight excluding hydrogens is 380 g/mol. The Kier molecular flexibility index (Phi) is 9.88. The molecule has 0 fully saturated rings. The van der Waals surface area contributed by atoms with E-state index in [2.05, 4.69) is 20.4 Å². The van der Waals surface area contributed by atoms with Crippen molar-refractivity contribution in [2.75, 3.05) is 26.2 Å². The number of alkyl halides is 2. The summed E-state index contributed by atoms with van der Waals surface area (Å²) >= 11 is 0. The highest BCUT2D eigenvalue weighted by molar-refractivity contribution is 5.79. The molecule has 1 atom stereocenters. The number of rotatable bonds is 11. The van der Waals surface area contributed by atoms with Gasteiger partial charge in [-0.15, -0.1) is 0 Å². The Morgan fingerprint density at radius 3 is 2.45 bits per heavy atom. The minimum atomic E-state index is -2.87. The molecular formula is C21H27F2N3O3. The molecule has 0 aliphatic heterocycles. The molecule has 3 N–H and O–H groups in total. The van der Waals surface area contributed by atoms with Crippen LogP contribution in [0.4, 0.5) is 8.78 Å². The summed E-state index contributed by atoms with van der Waals surface area (Å²) in [6, 6.07) is 15.8. The van der Waals surface area contributed by atoms with Crippen LogP contribution >= 0.6 is 0 Å². The summed E-state index contributed by atoms with van der Waals surface area (Å²) in [5.41, 5.74) is 1.68. The fourth-order valence-electron chi connectivity index (χ4n) is 2.50. The average molecular weight is 407 g/mol. The molecule has 6 nitrogen and oxygen atoms in total. The molecule has 0 amide bonds. The lowest BCUT2D eigenvalue weighted by Gasteiger charge is -2.14. The van der Waals surface area contributed by atoms with Crippen LogP contribution in [0.2, 0.25) is 0 Å². The van der Waals surface area contributed by atoms with Gasteiger partial charge in [0.15, 0.2) is 5.96 Å². The first-order valence-corrected chi connectivity index (χ1v) is 9.45. The van der Waals surface area contributed by atoms with Crippen LogP contribution in [-0.2, 0) is 11.3 Å². The summed E-state index contributed by atoms with van der Waals surface area (Å²) in [6.07, 6.45) is -0.861. The van der Waals surface area contributed by atoms with Crippen molar-refractivity contribution >= 4 is 5.96 Å². The highest BCUT2D eigenvalue weighted by Gasteiger charge is 2.09. The van der Waals surface area contributed by atoms with E-state index in [1.165, 1.54) is 24.3 Å². The van der Waals surface area contributed by atoms with Gasteiger partial charge in [-0.05, 0) is 30.2 Å². The molecule has 0 heterocycles. The first-order valence-electron chi connectivity index (χ1n) is 9.45. The molecule has 0 aliphatic carbocycles. The summed E-state index contributed by atoms with van der Waals surface area (Å²) in [4.78, 5) is 4.35. The number of aliphatic hydroxyl groups is 1. The molecule has 8 heteroatoms. The van der Waals surface area contributed by atoms with Crippen molar-refractivity contribution in [3.63, 3.8) is 0 Å². The van der Waals surface area contributed by atoms with Crippen molar-refractivity contribution in [2.24, 2.45) is 4.99 Å². The average Bonchev–Trinajstić information content (AvgIpc) is 2.72. The van der Waals surface area contributed by atoms with Crippen molar-refractivity contribution in [1.82, 2.24) is 10.6 Å². The summed E-state index contributed by atoms with van der Waals surface area (Å²) in [5.74, 6) is 0.609. The number of aliphatic imine (C=N–C) groups is 1. The monoisotopic (exact) mass is 407 g/mol. The number of aliphatic hydroxyl groups excluding tert-OH is 1. The molecule has 2 aromatic carbocycles. The molecule has 0 saturated heterocycles. The van der Waals surface area contributed by atoms with Crippen molar-refractivity contribution < 1.29 is 23.4 Å². The molecule has 29 heavy (non-hydrogen) atoms. The van der Waals surface area contributed by atoms with E-state index >= 15 is 0 Å². The fourth-order valence-corrected chi connectivity index (χ4v) is 2.50. The van der Waals surface area contributed by atoms with E-state index < -0.39 is 12.7 Å². The quantitative estimate of drug-likeness (QED) is 0.303. The van der Waals surface area contributed by atoms with E-state index in [4.69, 9.17) is 4.74 Å². The Morgan fingerprint density at radius 1 is 1.07 bits per heavy atom. The van der Waals surface area contributed by atoms with Crippen molar-refractivity contribution in [2.45, 2.75) is 26.2 Å². The third-order valence-electron chi connectivity index (χ3n) is 3.91. The minimum absolute atomic E-state index is 0.0463. The highest BCUT2D eigenvalue weighted by Crippen LogP contribution is 2.19. The molecule has 2 rings (SSSR count). The molecule has 0 bridgehead atoms. The fraction of sp³-hybridized carbons (Fsp3) is 0.381. The summed E-state index contributed by atoms with van der Waals surface area (Å²) < 4.78 is 34.3. The molecule has 2 aromatic rings. The van der Waals surface area contributed by atoms with Crippen LogP contribution in [0, 0.1) is 0 Å². The van der Waals surface area contributed by atoms with E-state index in [9.17, 15) is 13.9 Å². The summed E-state index contributed by atoms with van der Waals surface area (Å²) in [5, 5.41) is 16.5. The summed E-state index contributed by atoms with van der Waals surface area (Å²) in [7, 11) is 0. The summed E-state index contributed by atoms with van der Waals surface area (Å²) in [6.45, 7) is 1.48. The van der Waals surface area contributed by atoms with Gasteiger partial charge < -0.3 is 25.2 Å². The van der Waals surface area contributed by atoms with E-state index in [1.54, 1.807) is 0 Å². The van der Waals surface area contributed by atoms with Gasteiger partial charge >= 0.3 is 6.61 Å². The van der Waals surface area contributed by atoms with Crippen LogP contribution < -0.4 is 15.4 Å². The number of halogens is 2. The third kappa shape index (κ3) is 8.89. The van der Waals surface area contributed by atoms with Gasteiger partial charge in [-0.3, -0.25) is 4.99 Å². The smallest absolute Gasteiger partial charge is 0.387 e. The van der Waals surface area contributed by atoms with E-state index in [-0.39, 0.29) is 12.3 Å². The number of benzene rings is 2. The Hall–Kier alpha value is -2.71. The number of hydrogen-bond donors (Lipinski definition) is 3. The molecule has 0 aromatic heterocycles. The number of nitrogens with one attached hydrogen (secondary N) is 2. The van der Waals surface area contributed by atoms with Crippen molar-refractivity contribution in [3.05, 3.63) is 65.7 Å². The largest absolute Gasteiger partial charge is 0.435 e. The first-order chi connectivity index (χ1) is 14.1. The molecule has 0 radical (unpaired) electrons. The minimum Gasteiger partial charge on any atom is -0.435 e. The maximum atomic E-state index is 12.2. The first kappa shape index (κ1) is 22.6. The van der Waals surface area contributed by atoms with Crippen LogP contribution in [0.25, 0.3) is 0 Å². The van der Waals surface area contributed by atoms with Gasteiger partial charge in [0.05, 0.1) is 25.9 Å². The van der Waals surface area contributed by atoms with Crippen LogP contribution in [0.15, 0.2) is 59.6 Å². The topological polar surface area (TPSA) is 75.1 Å². The second kappa shape index (κ2) is 12.7. The highest BCUT2D eigenvalue weighted by atomic mass is 19.3. The second-order valence-electron chi connectivity index (χ2n) is 6.15. The molecule has 0 aliphatic rings. The van der Waals surface area contributed by atoms with Gasteiger partial charge in [-0.1, -0.05) is 42.5 Å². The predicted octanol–water partition coefficient (Wildman–Crippen LogP) is 3.09. The standard InChI is InChI=1S/C21H27F2N3O3/c1-2-24-21(25-12-13-28-15-16-6-4-3-5-7-16)26-14-19(27)17-8-10-18(11-9-17)29-20(22)23/h3-11,19-20,27H,2,12-15H2,1H3,(H2,24,25,26). The molecule has 0 spiro atoms. The molecule has 1 unspecified atom stereocenters. The van der Waals surface area contributed by atoms with Gasteiger partial charge in [-0.25, -0.2) is 0 Å². The zero-order chi connectivity index (χ0) is 20.9. The number of hydrogen-bond acceptors (Lipinski definition) is 4. The van der Waals surface area contributed by atoms with Crippen molar-refractivity contribution in [3.8, 4) is 5.75 Å². The van der Waals surface area contributed by atoms with E-state index in [0.717, 1.165) is 5.56 Å². The normalized spacial score (nSPS) is 12.7. The predicted molar refractivity (Wildman–Crippen MR) is 108 cm³/mol. The van der Waals surface area contributed by atoms with E-state index in [0.29, 0.717) is 37.8 Å². The van der Waals surface area contributed by atoms with Crippen LogP contribution in [0.1, 0.15) is 24.2 Å². The maximum absolute atomic E-state index is 12.2. The Morgan fingerprint density at radius 2 is 1.79 bits per heavy atom. The Bertz CT molecular complexity index is 728. The molecule has 158 valence electrons. The van der Waals surface area contributed by atoms with Gasteiger partial charge in [0.2, 0.25) is 0 Å². The van der Waals surface area contributed by atoms with Crippen LogP contribution in [0.3, 0.4) is 0 Å². The Labute approximate surface area is 169 Å². The third-order valence-corrected chi connectivity index (χ3v) is 3.91. The van der Waals surface area contributed by atoms with Crippen LogP contribution in [0.5, 0.6) is 5.75 Å². The lowest BCUT2D eigenvalue weighted by Crippen LogP contribution is -2.39. The zero-order valence-corrected chi connectivity index (χ0v) is 16.4. The van der Waals surface area contributed by atoms with E-state index in [1.807, 2.05) is 37.3 Å². The lowest BCUT2D eigenvalue weighted by atomic mass is 10.1. The van der Waals surface area contributed by atoms with Gasteiger partial charge in [0.1, 0.15) is 5.75 Å². The molecule has 0 saturated carbocycles.